The highest BCUT2D eigenvalue weighted by Crippen LogP contribution is 2.33. The first-order chi connectivity index (χ1) is 37.3. The highest BCUT2D eigenvalue weighted by atomic mass is 16.6. The molecule has 4 N–H and O–H groups in total. The molecule has 8 aromatic rings. The van der Waals surface area contributed by atoms with Crippen LogP contribution in [0.1, 0.15) is 43.0 Å². The fourth-order valence-corrected chi connectivity index (χ4v) is 8.10. The number of nitrogens with one attached hydrogen (secondary N) is 4. The summed E-state index contributed by atoms with van der Waals surface area (Å²) in [4.78, 5) is 41.1. The van der Waals surface area contributed by atoms with Crippen molar-refractivity contribution in [2.45, 2.75) is 0 Å². The predicted molar refractivity (Wildman–Crippen MR) is 286 cm³/mol. The molecule has 0 radical (unpaired) electrons. The Kier molecular flexibility index (Phi) is 20.4. The monoisotopic (exact) mass is 1040 g/mol. The van der Waals surface area contributed by atoms with Gasteiger partial charge >= 0.3 is 11.9 Å². The topological polar surface area (TPSA) is 208 Å². The van der Waals surface area contributed by atoms with E-state index in [0.717, 1.165) is 21.8 Å². The molecule has 18 heteroatoms. The number of aromatic amines is 4. The first-order valence-corrected chi connectivity index (χ1v) is 24.8. The lowest BCUT2D eigenvalue weighted by Gasteiger charge is -2.08. The third kappa shape index (κ3) is 14.8. The third-order valence-electron chi connectivity index (χ3n) is 11.8. The van der Waals surface area contributed by atoms with Crippen molar-refractivity contribution in [3.05, 3.63) is 119 Å². The summed E-state index contributed by atoms with van der Waals surface area (Å²) in [6, 6.07) is 22.4. The first-order valence-electron chi connectivity index (χ1n) is 24.8. The maximum absolute atomic E-state index is 13.7. The van der Waals surface area contributed by atoms with Crippen LogP contribution >= 0.6 is 0 Å². The number of carbonyl (C=O) groups excluding carboxylic acids is 2. The summed E-state index contributed by atoms with van der Waals surface area (Å²) in [6.45, 7) is 5.51. The van der Waals surface area contributed by atoms with E-state index < -0.39 is 11.9 Å². The third-order valence-corrected chi connectivity index (χ3v) is 11.8. The molecule has 0 aliphatic rings. The van der Waals surface area contributed by atoms with Crippen LogP contribution in [0.2, 0.25) is 0 Å². The molecular formula is C58H62N4O14. The van der Waals surface area contributed by atoms with Crippen molar-refractivity contribution in [3.63, 3.8) is 0 Å². The van der Waals surface area contributed by atoms with Crippen molar-refractivity contribution in [1.29, 1.82) is 0 Å². The van der Waals surface area contributed by atoms with Crippen molar-refractivity contribution in [3.8, 4) is 46.6 Å². The number of ether oxygens (including phenoxy) is 12. The molecule has 18 nitrogen and oxygen atoms in total. The van der Waals surface area contributed by atoms with Crippen molar-refractivity contribution >= 4 is 55.6 Å². The van der Waals surface area contributed by atoms with E-state index in [2.05, 4.69) is 43.6 Å². The minimum Gasteiger partial charge on any atom is -0.491 e. The Morgan fingerprint density at radius 3 is 1.12 bits per heavy atom. The van der Waals surface area contributed by atoms with E-state index in [4.69, 9.17) is 56.8 Å². The van der Waals surface area contributed by atoms with Crippen LogP contribution in [-0.2, 0) is 47.4 Å². The number of aromatic nitrogens is 4. The minimum absolute atomic E-state index is 0.0488. The van der Waals surface area contributed by atoms with E-state index in [-0.39, 0.29) is 26.4 Å². The second-order valence-electron chi connectivity index (χ2n) is 17.1. The van der Waals surface area contributed by atoms with Gasteiger partial charge in [0.05, 0.1) is 135 Å². The number of esters is 2. The second kappa shape index (κ2) is 28.3. The fourth-order valence-electron chi connectivity index (χ4n) is 8.10. The normalized spacial score (nSPS) is 11.3. The van der Waals surface area contributed by atoms with E-state index in [9.17, 15) is 9.59 Å². The van der Waals surface area contributed by atoms with Crippen LogP contribution < -0.4 is 9.47 Å². The predicted octanol–water partition coefficient (Wildman–Crippen LogP) is 7.80. The Hall–Kier alpha value is -7.62. The molecule has 0 aliphatic carbocycles. The van der Waals surface area contributed by atoms with Crippen LogP contribution in [0.3, 0.4) is 0 Å². The quantitative estimate of drug-likeness (QED) is 0.0201. The number of H-pyrrole nitrogens is 4. The lowest BCUT2D eigenvalue weighted by atomic mass is 10.1. The van der Waals surface area contributed by atoms with Gasteiger partial charge in [0.1, 0.15) is 37.9 Å². The molecule has 0 unspecified atom stereocenters. The Labute approximate surface area is 439 Å². The van der Waals surface area contributed by atoms with Gasteiger partial charge in [-0.15, -0.1) is 0 Å². The summed E-state index contributed by atoms with van der Waals surface area (Å²) < 4.78 is 66.0. The minimum atomic E-state index is -0.534. The molecule has 0 fully saturated rings. The van der Waals surface area contributed by atoms with E-state index in [1.807, 2.05) is 60.9 Å². The standard InChI is InChI=1S/C58H62N4O14/c1-65-13-17-69-21-25-73-49-33-41(53-43(35-49)9-11-59-53)7-5-39-29-47(57(63)75-27-23-71-19-15-67-3)31-45-37-51(61-55(39)45)52-38-46-32-48(58(64)76-28-24-72-20-16-68-4)30-40(56(46)62-52)6-8-42-34-50(36-44-10-12-60-54(42)44)74-26-22-70-18-14-66-2/h9-12,29-38,59-62H,13-28H2,1-4H3. The van der Waals surface area contributed by atoms with Crippen LogP contribution in [0.15, 0.2) is 85.2 Å². The lowest BCUT2D eigenvalue weighted by molar-refractivity contribution is 0.0210. The lowest BCUT2D eigenvalue weighted by Crippen LogP contribution is -2.12. The van der Waals surface area contributed by atoms with Crippen LogP contribution in [0.4, 0.5) is 0 Å². The van der Waals surface area contributed by atoms with Gasteiger partial charge in [-0.2, -0.15) is 0 Å². The Morgan fingerprint density at radius 2 is 0.737 bits per heavy atom. The average molecular weight is 1040 g/mol. The van der Waals surface area contributed by atoms with Gasteiger partial charge in [0.25, 0.3) is 0 Å². The van der Waals surface area contributed by atoms with Gasteiger partial charge in [-0.25, -0.2) is 9.59 Å². The van der Waals surface area contributed by atoms with E-state index in [1.54, 1.807) is 52.7 Å². The summed E-state index contributed by atoms with van der Waals surface area (Å²) in [5.74, 6) is 13.6. The number of fused-ring (bicyclic) bond motifs is 4. The number of carbonyl (C=O) groups is 2. The van der Waals surface area contributed by atoms with Crippen LogP contribution in [-0.4, -0.2) is 166 Å². The summed E-state index contributed by atoms with van der Waals surface area (Å²) in [7, 11) is 6.44. The number of benzene rings is 4. The molecule has 4 heterocycles. The second-order valence-corrected chi connectivity index (χ2v) is 17.1. The maximum atomic E-state index is 13.7. The molecule has 0 saturated heterocycles. The Balaban J connectivity index is 1.15. The highest BCUT2D eigenvalue weighted by Gasteiger charge is 2.18. The smallest absolute Gasteiger partial charge is 0.338 e. The molecule has 0 aliphatic heterocycles. The maximum Gasteiger partial charge on any atom is 0.338 e. The molecule has 8 rings (SSSR count). The van der Waals surface area contributed by atoms with Gasteiger partial charge in [-0.3, -0.25) is 0 Å². The molecule has 4 aromatic carbocycles. The van der Waals surface area contributed by atoms with E-state index in [1.165, 1.54) is 0 Å². The van der Waals surface area contributed by atoms with Gasteiger partial charge in [0.15, 0.2) is 0 Å². The molecular weight excluding hydrogens is 977 g/mol. The zero-order valence-electron chi connectivity index (χ0n) is 43.1. The summed E-state index contributed by atoms with van der Waals surface area (Å²) in [5, 5.41) is 3.24. The average Bonchev–Trinajstić information content (AvgIpc) is 4.29. The van der Waals surface area contributed by atoms with Gasteiger partial charge in [0.2, 0.25) is 0 Å². The van der Waals surface area contributed by atoms with Gasteiger partial charge in [0, 0.05) is 73.5 Å². The molecule has 4 aromatic heterocycles. The zero-order chi connectivity index (χ0) is 52.9. The van der Waals surface area contributed by atoms with Crippen molar-refractivity contribution in [1.82, 2.24) is 19.9 Å². The van der Waals surface area contributed by atoms with E-state index in [0.29, 0.717) is 157 Å². The molecule has 0 atom stereocenters. The zero-order valence-corrected chi connectivity index (χ0v) is 43.1. The largest absolute Gasteiger partial charge is 0.491 e. The van der Waals surface area contributed by atoms with Gasteiger partial charge in [-0.05, 0) is 72.8 Å². The number of methoxy groups -OCH3 is 4. The van der Waals surface area contributed by atoms with Crippen LogP contribution in [0.25, 0.3) is 55.0 Å². The van der Waals surface area contributed by atoms with Crippen LogP contribution in [0, 0.1) is 23.7 Å². The number of hydrogen-bond acceptors (Lipinski definition) is 14. The molecule has 76 heavy (non-hydrogen) atoms. The highest BCUT2D eigenvalue weighted by molar-refractivity contribution is 6.02. The van der Waals surface area contributed by atoms with Crippen molar-refractivity contribution in [2.24, 2.45) is 0 Å². The fraction of sp³-hybridized carbons (Fsp3) is 0.345. The molecule has 0 spiro atoms. The van der Waals surface area contributed by atoms with Crippen molar-refractivity contribution < 1.29 is 66.4 Å². The van der Waals surface area contributed by atoms with Crippen molar-refractivity contribution in [2.75, 3.05) is 134 Å². The summed E-state index contributed by atoms with van der Waals surface area (Å²) in [5.41, 5.74) is 7.46. The SMILES string of the molecule is COCCOCCOC(=O)c1cc(C#Cc2cc(OCCOCCOC)cc3cc[nH]c23)c2[nH]c(-c3cc4cc(C(=O)OCCOCCOC)cc(C#Cc5cc(OCCOCCOC)cc6cc[nH]c56)c4[nH]3)cc2c1. The Morgan fingerprint density at radius 1 is 0.382 bits per heavy atom. The number of hydrogen-bond donors (Lipinski definition) is 4. The molecule has 0 amide bonds. The van der Waals surface area contributed by atoms with Crippen LogP contribution in [0.5, 0.6) is 11.5 Å². The molecule has 0 saturated carbocycles. The number of rotatable bonds is 29. The first kappa shape index (κ1) is 54.6. The molecule has 398 valence electrons. The van der Waals surface area contributed by atoms with Gasteiger partial charge in [-0.1, -0.05) is 23.7 Å². The van der Waals surface area contributed by atoms with Gasteiger partial charge < -0.3 is 76.8 Å². The Bertz CT molecular complexity index is 3110. The summed E-state index contributed by atoms with van der Waals surface area (Å²) in [6.07, 6.45) is 3.70. The summed E-state index contributed by atoms with van der Waals surface area (Å²) >= 11 is 0. The van der Waals surface area contributed by atoms with E-state index >= 15 is 0 Å². The molecule has 0 bridgehead atoms.